The highest BCUT2D eigenvalue weighted by atomic mass is 16.1. The number of carbonyl (C=O) groups excluding carboxylic acids is 1. The maximum Gasteiger partial charge on any atom is 0.255 e. The maximum absolute atomic E-state index is 12.6. The first kappa shape index (κ1) is 17.8. The van der Waals surface area contributed by atoms with Gasteiger partial charge in [-0.3, -0.25) is 4.79 Å². The number of aromatic nitrogens is 3. The first-order chi connectivity index (χ1) is 12.7. The average molecular weight is 349 g/mol. The van der Waals surface area contributed by atoms with Crippen molar-refractivity contribution < 1.29 is 4.79 Å². The van der Waals surface area contributed by atoms with Gasteiger partial charge in [0.15, 0.2) is 5.82 Å². The van der Waals surface area contributed by atoms with Crippen LogP contribution < -0.4 is 5.32 Å². The van der Waals surface area contributed by atoms with Crippen molar-refractivity contribution in [1.82, 2.24) is 25.0 Å². The Bertz CT molecular complexity index is 860. The van der Waals surface area contributed by atoms with Gasteiger partial charge in [0, 0.05) is 31.7 Å². The van der Waals surface area contributed by atoms with Gasteiger partial charge in [0.05, 0.1) is 5.56 Å². The van der Waals surface area contributed by atoms with E-state index in [0.29, 0.717) is 17.9 Å². The molecule has 1 N–H and O–H groups in total. The van der Waals surface area contributed by atoms with Crippen LogP contribution in [0.1, 0.15) is 28.4 Å². The van der Waals surface area contributed by atoms with Crippen LogP contribution >= 0.6 is 0 Å². The lowest BCUT2D eigenvalue weighted by molar-refractivity contribution is 0.0950. The Hall–Kier alpha value is -2.99. The van der Waals surface area contributed by atoms with E-state index in [9.17, 15) is 4.79 Å². The molecule has 0 aliphatic rings. The second-order valence-corrected chi connectivity index (χ2v) is 6.16. The molecule has 0 bridgehead atoms. The van der Waals surface area contributed by atoms with Gasteiger partial charge in [-0.15, -0.1) is 0 Å². The summed E-state index contributed by atoms with van der Waals surface area (Å²) in [6.45, 7) is 4.49. The van der Waals surface area contributed by atoms with E-state index < -0.39 is 0 Å². The molecule has 2 aromatic heterocycles. The van der Waals surface area contributed by atoms with Gasteiger partial charge in [0.1, 0.15) is 0 Å². The fraction of sp³-hybridized carbons (Fsp3) is 0.250. The Morgan fingerprint density at radius 1 is 1.15 bits per heavy atom. The van der Waals surface area contributed by atoms with E-state index in [2.05, 4.69) is 46.4 Å². The number of hydrogen-bond acceptors (Lipinski definition) is 4. The van der Waals surface area contributed by atoms with Crippen molar-refractivity contribution in [3.63, 3.8) is 0 Å². The number of benzene rings is 1. The SMILES string of the molecule is CCN(C)Cc1cccc(CNC(=O)c2cccnc2-n2cccn2)c1. The van der Waals surface area contributed by atoms with Crippen molar-refractivity contribution >= 4 is 5.91 Å². The van der Waals surface area contributed by atoms with Crippen LogP contribution in [0.15, 0.2) is 61.1 Å². The number of rotatable bonds is 7. The molecule has 6 nitrogen and oxygen atoms in total. The Labute approximate surface area is 153 Å². The molecule has 0 fully saturated rings. The van der Waals surface area contributed by atoms with E-state index in [-0.39, 0.29) is 5.91 Å². The number of nitrogens with zero attached hydrogens (tertiary/aromatic N) is 4. The van der Waals surface area contributed by atoms with Crippen molar-refractivity contribution in [2.45, 2.75) is 20.0 Å². The highest BCUT2D eigenvalue weighted by Gasteiger charge is 2.13. The Morgan fingerprint density at radius 3 is 2.77 bits per heavy atom. The molecule has 0 spiro atoms. The van der Waals surface area contributed by atoms with Crippen LogP contribution in [0.2, 0.25) is 0 Å². The first-order valence-electron chi connectivity index (χ1n) is 8.67. The van der Waals surface area contributed by atoms with E-state index in [1.165, 1.54) is 5.56 Å². The molecule has 0 saturated heterocycles. The van der Waals surface area contributed by atoms with Gasteiger partial charge < -0.3 is 10.2 Å². The zero-order valence-electron chi connectivity index (χ0n) is 15.1. The number of carbonyl (C=O) groups is 1. The van der Waals surface area contributed by atoms with Crippen molar-refractivity contribution in [2.24, 2.45) is 0 Å². The first-order valence-corrected chi connectivity index (χ1v) is 8.67. The summed E-state index contributed by atoms with van der Waals surface area (Å²) in [5.74, 6) is 0.355. The lowest BCUT2D eigenvalue weighted by Crippen LogP contribution is -2.25. The van der Waals surface area contributed by atoms with Gasteiger partial charge in [-0.05, 0) is 42.9 Å². The zero-order chi connectivity index (χ0) is 18.4. The van der Waals surface area contributed by atoms with E-state index in [4.69, 9.17) is 0 Å². The van der Waals surface area contributed by atoms with Crippen LogP contribution in [0.3, 0.4) is 0 Å². The molecule has 0 aliphatic carbocycles. The van der Waals surface area contributed by atoms with Crippen molar-refractivity contribution in [1.29, 1.82) is 0 Å². The molecule has 1 amide bonds. The number of amides is 1. The lowest BCUT2D eigenvalue weighted by Gasteiger charge is -2.14. The molecule has 0 atom stereocenters. The molecule has 134 valence electrons. The largest absolute Gasteiger partial charge is 0.348 e. The van der Waals surface area contributed by atoms with Crippen molar-refractivity contribution in [2.75, 3.05) is 13.6 Å². The molecule has 3 aromatic rings. The topological polar surface area (TPSA) is 63.1 Å². The van der Waals surface area contributed by atoms with Crippen LogP contribution in [0.25, 0.3) is 5.82 Å². The summed E-state index contributed by atoms with van der Waals surface area (Å²) in [5, 5.41) is 7.14. The minimum absolute atomic E-state index is 0.167. The Kier molecular flexibility index (Phi) is 5.76. The summed E-state index contributed by atoms with van der Waals surface area (Å²) >= 11 is 0. The number of pyridine rings is 1. The summed E-state index contributed by atoms with van der Waals surface area (Å²) in [5.41, 5.74) is 2.81. The molecule has 2 heterocycles. The predicted molar refractivity (Wildman–Crippen MR) is 101 cm³/mol. The van der Waals surface area contributed by atoms with E-state index in [0.717, 1.165) is 18.7 Å². The van der Waals surface area contributed by atoms with E-state index in [1.54, 1.807) is 41.5 Å². The molecular formula is C20H23N5O. The smallest absolute Gasteiger partial charge is 0.255 e. The molecule has 0 unspecified atom stereocenters. The monoisotopic (exact) mass is 349 g/mol. The van der Waals surface area contributed by atoms with Crippen LogP contribution in [-0.2, 0) is 13.1 Å². The fourth-order valence-corrected chi connectivity index (χ4v) is 2.69. The summed E-state index contributed by atoms with van der Waals surface area (Å²) < 4.78 is 1.59. The number of hydrogen-bond donors (Lipinski definition) is 1. The highest BCUT2D eigenvalue weighted by Crippen LogP contribution is 2.11. The third kappa shape index (κ3) is 4.34. The normalized spacial score (nSPS) is 10.9. The van der Waals surface area contributed by atoms with E-state index >= 15 is 0 Å². The van der Waals surface area contributed by atoms with Gasteiger partial charge in [0.25, 0.3) is 5.91 Å². The minimum atomic E-state index is -0.167. The third-order valence-electron chi connectivity index (χ3n) is 4.19. The van der Waals surface area contributed by atoms with E-state index in [1.807, 2.05) is 12.1 Å². The molecular weight excluding hydrogens is 326 g/mol. The van der Waals surface area contributed by atoms with Gasteiger partial charge >= 0.3 is 0 Å². The molecule has 1 aromatic carbocycles. The molecule has 0 saturated carbocycles. The van der Waals surface area contributed by atoms with Gasteiger partial charge in [0.2, 0.25) is 0 Å². The molecule has 3 rings (SSSR count). The maximum atomic E-state index is 12.6. The number of nitrogens with one attached hydrogen (secondary N) is 1. The zero-order valence-corrected chi connectivity index (χ0v) is 15.1. The summed E-state index contributed by atoms with van der Waals surface area (Å²) in [6, 6.07) is 13.6. The molecule has 0 aliphatic heterocycles. The van der Waals surface area contributed by atoms with Crippen molar-refractivity contribution in [3.8, 4) is 5.82 Å². The predicted octanol–water partition coefficient (Wildman–Crippen LogP) is 2.65. The summed E-state index contributed by atoms with van der Waals surface area (Å²) in [4.78, 5) is 19.2. The van der Waals surface area contributed by atoms with Crippen molar-refractivity contribution in [3.05, 3.63) is 77.7 Å². The summed E-state index contributed by atoms with van der Waals surface area (Å²) in [7, 11) is 2.09. The summed E-state index contributed by atoms with van der Waals surface area (Å²) in [6.07, 6.45) is 5.09. The highest BCUT2D eigenvalue weighted by molar-refractivity contribution is 5.97. The Morgan fingerprint density at radius 2 is 2.00 bits per heavy atom. The average Bonchev–Trinajstić information content (AvgIpc) is 3.21. The Balaban J connectivity index is 1.70. The standard InChI is InChI=1S/C20H23N5O/c1-3-24(2)15-17-8-4-7-16(13-17)14-22-20(26)18-9-5-10-21-19(18)25-12-6-11-23-25/h4-13H,3,14-15H2,1-2H3,(H,22,26). The molecule has 6 heteroatoms. The minimum Gasteiger partial charge on any atom is -0.348 e. The van der Waals surface area contributed by atoms with Gasteiger partial charge in [-0.25, -0.2) is 9.67 Å². The van der Waals surface area contributed by atoms with Crippen LogP contribution in [0, 0.1) is 0 Å². The lowest BCUT2D eigenvalue weighted by atomic mass is 10.1. The third-order valence-corrected chi connectivity index (χ3v) is 4.19. The van der Waals surface area contributed by atoms with Gasteiger partial charge in [-0.1, -0.05) is 31.2 Å². The second-order valence-electron chi connectivity index (χ2n) is 6.16. The fourth-order valence-electron chi connectivity index (χ4n) is 2.69. The second kappa shape index (κ2) is 8.40. The van der Waals surface area contributed by atoms with Gasteiger partial charge in [-0.2, -0.15) is 5.10 Å². The quantitative estimate of drug-likeness (QED) is 0.712. The molecule has 26 heavy (non-hydrogen) atoms. The molecule has 0 radical (unpaired) electrons. The van der Waals surface area contributed by atoms with Crippen LogP contribution in [-0.4, -0.2) is 39.2 Å². The van der Waals surface area contributed by atoms with Crippen LogP contribution in [0.5, 0.6) is 0 Å². The van der Waals surface area contributed by atoms with Crippen LogP contribution in [0.4, 0.5) is 0 Å².